The van der Waals surface area contributed by atoms with Crippen molar-refractivity contribution in [2.75, 3.05) is 6.61 Å². The van der Waals surface area contributed by atoms with E-state index in [0.29, 0.717) is 17.4 Å². The quantitative estimate of drug-likeness (QED) is 0.480. The topological polar surface area (TPSA) is 26.3 Å². The standard InChI is InChI=1S/C23H36O2/c1-16(24)25-15-12-18-8-10-20-19-9-7-17-6-4-5-13-22(17,2)21(19)11-14-23(18,20)3/h5,13,17-21H,4,6-12,14-15H2,1-3H3/t17?,18-,19+,20+,21+,22+,23-/m1/s1. The summed E-state index contributed by atoms with van der Waals surface area (Å²) in [6, 6.07) is 0. The fourth-order valence-corrected chi connectivity index (χ4v) is 7.75. The molecule has 0 spiro atoms. The molecule has 0 aromatic heterocycles. The summed E-state index contributed by atoms with van der Waals surface area (Å²) in [6.45, 7) is 7.31. The monoisotopic (exact) mass is 344 g/mol. The van der Waals surface area contributed by atoms with Crippen molar-refractivity contribution in [3.63, 3.8) is 0 Å². The number of esters is 1. The van der Waals surface area contributed by atoms with Crippen LogP contribution in [0.2, 0.25) is 0 Å². The van der Waals surface area contributed by atoms with Crippen molar-refractivity contribution >= 4 is 5.97 Å². The van der Waals surface area contributed by atoms with Crippen molar-refractivity contribution in [2.45, 2.75) is 78.6 Å². The highest BCUT2D eigenvalue weighted by Crippen LogP contribution is 2.66. The van der Waals surface area contributed by atoms with Crippen LogP contribution >= 0.6 is 0 Å². The van der Waals surface area contributed by atoms with Crippen molar-refractivity contribution in [3.8, 4) is 0 Å². The Hall–Kier alpha value is -0.790. The van der Waals surface area contributed by atoms with Crippen LogP contribution in [0.5, 0.6) is 0 Å². The smallest absolute Gasteiger partial charge is 0.302 e. The van der Waals surface area contributed by atoms with Gasteiger partial charge in [-0.1, -0.05) is 26.0 Å². The zero-order valence-electron chi connectivity index (χ0n) is 16.4. The number of carbonyl (C=O) groups is 1. The second-order valence-electron chi connectivity index (χ2n) is 9.94. The van der Waals surface area contributed by atoms with Crippen LogP contribution in [0.4, 0.5) is 0 Å². The summed E-state index contributed by atoms with van der Waals surface area (Å²) in [5.41, 5.74) is 0.960. The summed E-state index contributed by atoms with van der Waals surface area (Å²) < 4.78 is 5.27. The lowest BCUT2D eigenvalue weighted by Gasteiger charge is -2.59. The number of ether oxygens (including phenoxy) is 1. The third kappa shape index (κ3) is 2.79. The second-order valence-corrected chi connectivity index (χ2v) is 9.94. The van der Waals surface area contributed by atoms with Gasteiger partial charge in [0.15, 0.2) is 0 Å². The van der Waals surface area contributed by atoms with Crippen LogP contribution in [-0.2, 0) is 9.53 Å². The zero-order chi connectivity index (χ0) is 17.7. The number of fused-ring (bicyclic) bond motifs is 5. The average molecular weight is 345 g/mol. The maximum atomic E-state index is 11.1. The number of hydrogen-bond donors (Lipinski definition) is 0. The first-order valence-electron chi connectivity index (χ1n) is 10.8. The molecule has 0 bridgehead atoms. The van der Waals surface area contributed by atoms with Crippen molar-refractivity contribution < 1.29 is 9.53 Å². The van der Waals surface area contributed by atoms with Crippen LogP contribution in [0.1, 0.15) is 78.6 Å². The first-order chi connectivity index (χ1) is 11.9. The van der Waals surface area contributed by atoms with Crippen LogP contribution in [0.15, 0.2) is 12.2 Å². The first kappa shape index (κ1) is 17.6. The van der Waals surface area contributed by atoms with Gasteiger partial charge in [0, 0.05) is 6.92 Å². The van der Waals surface area contributed by atoms with Crippen molar-refractivity contribution in [2.24, 2.45) is 40.4 Å². The number of allylic oxidation sites excluding steroid dienone is 2. The Bertz CT molecular complexity index is 552. The average Bonchev–Trinajstić information content (AvgIpc) is 2.91. The van der Waals surface area contributed by atoms with Gasteiger partial charge in [-0.2, -0.15) is 0 Å². The van der Waals surface area contributed by atoms with Crippen LogP contribution in [0.25, 0.3) is 0 Å². The highest BCUT2D eigenvalue weighted by molar-refractivity contribution is 5.65. The molecule has 4 aliphatic rings. The van der Waals surface area contributed by atoms with E-state index in [1.165, 1.54) is 58.3 Å². The summed E-state index contributed by atoms with van der Waals surface area (Å²) in [7, 11) is 0. The fraction of sp³-hybridized carbons (Fsp3) is 0.870. The number of hydrogen-bond acceptors (Lipinski definition) is 2. The van der Waals surface area contributed by atoms with Crippen LogP contribution in [0, 0.1) is 40.4 Å². The molecule has 0 aromatic carbocycles. The molecule has 2 nitrogen and oxygen atoms in total. The summed E-state index contributed by atoms with van der Waals surface area (Å²) in [5, 5.41) is 0. The first-order valence-corrected chi connectivity index (χ1v) is 10.8. The van der Waals surface area contributed by atoms with Crippen molar-refractivity contribution in [1.82, 2.24) is 0 Å². The highest BCUT2D eigenvalue weighted by Gasteiger charge is 2.58. The summed E-state index contributed by atoms with van der Waals surface area (Å²) in [5.74, 6) is 4.31. The van der Waals surface area contributed by atoms with Gasteiger partial charge in [0.2, 0.25) is 0 Å². The lowest BCUT2D eigenvalue weighted by molar-refractivity contribution is -0.142. The SMILES string of the molecule is CC(=O)OCC[C@H]1CC[C@H]2[C@@H]3CCC4CCC=C[C@]4(C)[C@H]3CC[C@]12C. The van der Waals surface area contributed by atoms with Gasteiger partial charge in [-0.3, -0.25) is 4.79 Å². The summed E-state index contributed by atoms with van der Waals surface area (Å²) >= 11 is 0. The molecule has 1 unspecified atom stereocenters. The van der Waals surface area contributed by atoms with E-state index < -0.39 is 0 Å². The molecule has 140 valence electrons. The van der Waals surface area contributed by atoms with E-state index in [9.17, 15) is 4.79 Å². The van der Waals surface area contributed by atoms with Crippen molar-refractivity contribution in [1.29, 1.82) is 0 Å². The Kier molecular flexibility index (Phi) is 4.53. The minimum absolute atomic E-state index is 0.126. The molecule has 4 rings (SSSR count). The van der Waals surface area contributed by atoms with Crippen LogP contribution in [-0.4, -0.2) is 12.6 Å². The molecule has 7 atom stereocenters. The van der Waals surface area contributed by atoms with E-state index in [1.54, 1.807) is 0 Å². The zero-order valence-corrected chi connectivity index (χ0v) is 16.4. The Balaban J connectivity index is 1.50. The van der Waals surface area contributed by atoms with Gasteiger partial charge >= 0.3 is 5.97 Å². The largest absolute Gasteiger partial charge is 0.466 e. The van der Waals surface area contributed by atoms with Gasteiger partial charge in [-0.05, 0) is 98.2 Å². The third-order valence-corrected chi connectivity index (χ3v) is 9.09. The van der Waals surface area contributed by atoms with Gasteiger partial charge in [0.05, 0.1) is 6.61 Å². The molecule has 0 aromatic rings. The summed E-state index contributed by atoms with van der Waals surface area (Å²) in [4.78, 5) is 11.1. The molecule has 0 saturated heterocycles. The fourth-order valence-electron chi connectivity index (χ4n) is 7.75. The molecule has 0 heterocycles. The second kappa shape index (κ2) is 6.43. The molecule has 4 aliphatic carbocycles. The molecular weight excluding hydrogens is 308 g/mol. The molecule has 0 radical (unpaired) electrons. The number of rotatable bonds is 3. The minimum atomic E-state index is -0.126. The van der Waals surface area contributed by atoms with Crippen LogP contribution < -0.4 is 0 Å². The van der Waals surface area contributed by atoms with E-state index in [4.69, 9.17) is 4.74 Å². The third-order valence-electron chi connectivity index (χ3n) is 9.09. The molecule has 0 aliphatic heterocycles. The summed E-state index contributed by atoms with van der Waals surface area (Å²) in [6.07, 6.45) is 17.4. The minimum Gasteiger partial charge on any atom is -0.466 e. The molecule has 2 heteroatoms. The number of carbonyl (C=O) groups excluding carboxylic acids is 1. The molecule has 0 amide bonds. The lowest BCUT2D eigenvalue weighted by Crippen LogP contribution is -2.51. The maximum absolute atomic E-state index is 11.1. The predicted molar refractivity (Wildman–Crippen MR) is 101 cm³/mol. The Morgan fingerprint density at radius 2 is 1.92 bits per heavy atom. The Morgan fingerprint density at radius 3 is 2.72 bits per heavy atom. The van der Waals surface area contributed by atoms with E-state index in [2.05, 4.69) is 26.0 Å². The highest BCUT2D eigenvalue weighted by atomic mass is 16.5. The predicted octanol–water partition coefficient (Wildman–Crippen LogP) is 5.76. The van der Waals surface area contributed by atoms with Gasteiger partial charge < -0.3 is 4.74 Å². The van der Waals surface area contributed by atoms with E-state index in [1.807, 2.05) is 0 Å². The molecular formula is C23H36O2. The molecule has 25 heavy (non-hydrogen) atoms. The van der Waals surface area contributed by atoms with Gasteiger partial charge in [-0.15, -0.1) is 0 Å². The molecule has 0 N–H and O–H groups in total. The molecule has 3 saturated carbocycles. The normalized spacial score (nSPS) is 48.4. The van der Waals surface area contributed by atoms with E-state index in [0.717, 1.165) is 36.0 Å². The van der Waals surface area contributed by atoms with E-state index >= 15 is 0 Å². The molecule has 3 fully saturated rings. The lowest BCUT2D eigenvalue weighted by atomic mass is 9.46. The Labute approximate surface area is 153 Å². The maximum Gasteiger partial charge on any atom is 0.302 e. The Morgan fingerprint density at radius 1 is 1.08 bits per heavy atom. The van der Waals surface area contributed by atoms with Gasteiger partial charge in [-0.25, -0.2) is 0 Å². The van der Waals surface area contributed by atoms with Crippen LogP contribution in [0.3, 0.4) is 0 Å². The van der Waals surface area contributed by atoms with Gasteiger partial charge in [0.25, 0.3) is 0 Å². The van der Waals surface area contributed by atoms with Crippen molar-refractivity contribution in [3.05, 3.63) is 12.2 Å². The van der Waals surface area contributed by atoms with E-state index in [-0.39, 0.29) is 5.97 Å². The van der Waals surface area contributed by atoms with Gasteiger partial charge in [0.1, 0.15) is 0 Å².